The number of carbonyl (C=O) groups excluding carboxylic acids is 1. The van der Waals surface area contributed by atoms with E-state index in [-0.39, 0.29) is 12.5 Å². The van der Waals surface area contributed by atoms with Crippen LogP contribution >= 0.6 is 0 Å². The van der Waals surface area contributed by atoms with Crippen molar-refractivity contribution >= 4 is 5.91 Å². The molecule has 1 saturated heterocycles. The second-order valence-corrected chi connectivity index (χ2v) is 22.6. The predicted molar refractivity (Wildman–Crippen MR) is 304 cm³/mol. The van der Waals surface area contributed by atoms with Gasteiger partial charge in [0.1, 0.15) is 24.4 Å². The fraction of sp³-hybridized carbons (Fsp3) is 0.952. The zero-order valence-electron chi connectivity index (χ0n) is 47.7. The highest BCUT2D eigenvalue weighted by molar-refractivity contribution is 5.76. The van der Waals surface area contributed by atoms with Gasteiger partial charge in [-0.05, 0) is 19.3 Å². The van der Waals surface area contributed by atoms with Crippen LogP contribution in [0.2, 0.25) is 0 Å². The van der Waals surface area contributed by atoms with Crippen molar-refractivity contribution in [2.45, 2.75) is 371 Å². The summed E-state index contributed by atoms with van der Waals surface area (Å²) in [6, 6.07) is -0.798. The van der Waals surface area contributed by atoms with Crippen molar-refractivity contribution in [2.75, 3.05) is 13.2 Å². The SMILES string of the molecule is CCCCCCCCC/C=C/C(O)C(COC1OC(CO)C(O)C(O)C1O)NC(=O)CCCCCCCCCCCCCCCCCCCCCCCCCCCCCCCCCCCCCCCCCC. The molecule has 0 bridgehead atoms. The molecule has 0 aromatic rings. The van der Waals surface area contributed by atoms with Gasteiger partial charge in [0.25, 0.3) is 0 Å². The van der Waals surface area contributed by atoms with Crippen molar-refractivity contribution in [2.24, 2.45) is 0 Å². The molecule has 0 radical (unpaired) electrons. The molecule has 1 fully saturated rings. The first-order valence-corrected chi connectivity index (χ1v) is 31.9. The largest absolute Gasteiger partial charge is 0.394 e. The van der Waals surface area contributed by atoms with Gasteiger partial charge in [0.05, 0.1) is 25.4 Å². The Hall–Kier alpha value is -1.07. The molecule has 0 aliphatic carbocycles. The molecule has 1 heterocycles. The number of hydrogen-bond acceptors (Lipinski definition) is 8. The number of allylic oxidation sites excluding steroid dienone is 1. The van der Waals surface area contributed by atoms with E-state index >= 15 is 0 Å². The lowest BCUT2D eigenvalue weighted by molar-refractivity contribution is -0.302. The van der Waals surface area contributed by atoms with E-state index in [1.54, 1.807) is 6.08 Å². The topological polar surface area (TPSA) is 149 Å². The molecule has 9 nitrogen and oxygen atoms in total. The third-order valence-corrected chi connectivity index (χ3v) is 15.6. The molecule has 1 amide bonds. The number of aliphatic hydroxyl groups is 5. The Morgan fingerprint density at radius 1 is 0.458 bits per heavy atom. The van der Waals surface area contributed by atoms with Crippen LogP contribution in [0.3, 0.4) is 0 Å². The Bertz CT molecular complexity index is 1140. The lowest BCUT2D eigenvalue weighted by atomic mass is 9.99. The third-order valence-electron chi connectivity index (χ3n) is 15.6. The summed E-state index contributed by atoms with van der Waals surface area (Å²) in [6.45, 7) is 3.78. The van der Waals surface area contributed by atoms with Gasteiger partial charge in [-0.15, -0.1) is 0 Å². The van der Waals surface area contributed by atoms with Gasteiger partial charge in [-0.25, -0.2) is 0 Å². The fourth-order valence-corrected chi connectivity index (χ4v) is 10.6. The summed E-state index contributed by atoms with van der Waals surface area (Å²) >= 11 is 0. The summed E-state index contributed by atoms with van der Waals surface area (Å²) < 4.78 is 11.2. The lowest BCUT2D eigenvalue weighted by Crippen LogP contribution is -2.60. The first-order valence-electron chi connectivity index (χ1n) is 31.9. The number of ether oxygens (including phenoxy) is 2. The van der Waals surface area contributed by atoms with Crippen molar-refractivity contribution in [3.8, 4) is 0 Å². The van der Waals surface area contributed by atoms with Crippen LogP contribution in [-0.4, -0.2) is 87.5 Å². The molecule has 1 rings (SSSR count). The van der Waals surface area contributed by atoms with Crippen molar-refractivity contribution in [3.05, 3.63) is 12.2 Å². The van der Waals surface area contributed by atoms with Crippen LogP contribution in [0.5, 0.6) is 0 Å². The molecule has 0 spiro atoms. The summed E-state index contributed by atoms with van der Waals surface area (Å²) in [5.41, 5.74) is 0. The first-order chi connectivity index (χ1) is 35.3. The minimum atomic E-state index is -1.56. The van der Waals surface area contributed by atoms with Crippen molar-refractivity contribution in [1.82, 2.24) is 5.32 Å². The Labute approximate surface area is 446 Å². The van der Waals surface area contributed by atoms with Crippen molar-refractivity contribution in [3.63, 3.8) is 0 Å². The molecule has 0 aromatic heterocycles. The predicted octanol–water partition coefficient (Wildman–Crippen LogP) is 16.4. The van der Waals surface area contributed by atoms with Gasteiger partial charge < -0.3 is 40.3 Å². The van der Waals surface area contributed by atoms with E-state index in [0.29, 0.717) is 6.42 Å². The molecule has 428 valence electrons. The Kier molecular flexibility index (Phi) is 51.1. The Balaban J connectivity index is 1.95. The van der Waals surface area contributed by atoms with E-state index in [4.69, 9.17) is 9.47 Å². The number of amides is 1. The van der Waals surface area contributed by atoms with Gasteiger partial charge in [-0.1, -0.05) is 315 Å². The van der Waals surface area contributed by atoms with Gasteiger partial charge in [0.2, 0.25) is 5.91 Å². The summed E-state index contributed by atoms with van der Waals surface area (Å²) in [6.07, 6.45) is 60.7. The number of rotatable bonds is 56. The average Bonchev–Trinajstić information content (AvgIpc) is 3.38. The standard InChI is InChI=1S/C63H123NO8/c1-3-5-7-9-11-13-14-15-16-17-18-19-20-21-22-23-24-25-26-27-28-29-30-31-32-33-34-35-36-37-38-39-40-41-42-43-45-47-49-51-53-59(67)64-56(57(66)52-50-48-46-44-12-10-8-6-4-2)55-71-63-62(70)61(69)60(68)58(54-65)72-63/h50,52,56-58,60-63,65-66,68-70H,3-49,51,53-55H2,1-2H3,(H,64,67)/b52-50+. The molecule has 0 aromatic carbocycles. The van der Waals surface area contributed by atoms with E-state index in [2.05, 4.69) is 19.2 Å². The quantitative estimate of drug-likeness (QED) is 0.0261. The van der Waals surface area contributed by atoms with E-state index in [0.717, 1.165) is 38.5 Å². The van der Waals surface area contributed by atoms with Crippen LogP contribution in [0.25, 0.3) is 0 Å². The second-order valence-electron chi connectivity index (χ2n) is 22.6. The molecule has 0 saturated carbocycles. The fourth-order valence-electron chi connectivity index (χ4n) is 10.6. The van der Waals surface area contributed by atoms with Gasteiger partial charge in [0, 0.05) is 6.42 Å². The highest BCUT2D eigenvalue weighted by Gasteiger charge is 2.44. The van der Waals surface area contributed by atoms with Crippen LogP contribution in [-0.2, 0) is 14.3 Å². The molecule has 7 atom stereocenters. The van der Waals surface area contributed by atoms with E-state index < -0.39 is 49.5 Å². The van der Waals surface area contributed by atoms with Gasteiger partial charge in [-0.2, -0.15) is 0 Å². The first kappa shape index (κ1) is 68.9. The molecular weight excluding hydrogens is 899 g/mol. The van der Waals surface area contributed by atoms with Crippen LogP contribution in [0.15, 0.2) is 12.2 Å². The Morgan fingerprint density at radius 2 is 0.764 bits per heavy atom. The molecule has 1 aliphatic heterocycles. The maximum absolute atomic E-state index is 13.0. The maximum Gasteiger partial charge on any atom is 0.220 e. The maximum atomic E-state index is 13.0. The third kappa shape index (κ3) is 42.1. The summed E-state index contributed by atoms with van der Waals surface area (Å²) in [4.78, 5) is 13.0. The second kappa shape index (κ2) is 53.3. The number of aliphatic hydroxyl groups excluding tert-OH is 5. The highest BCUT2D eigenvalue weighted by Crippen LogP contribution is 2.23. The smallest absolute Gasteiger partial charge is 0.220 e. The normalized spacial score (nSPS) is 19.1. The molecule has 1 aliphatic rings. The van der Waals surface area contributed by atoms with Crippen LogP contribution in [0.1, 0.15) is 328 Å². The minimum absolute atomic E-state index is 0.173. The average molecular weight is 1020 g/mol. The minimum Gasteiger partial charge on any atom is -0.394 e. The van der Waals surface area contributed by atoms with Crippen molar-refractivity contribution < 1.29 is 39.8 Å². The van der Waals surface area contributed by atoms with Crippen LogP contribution < -0.4 is 5.32 Å². The van der Waals surface area contributed by atoms with E-state index in [1.165, 1.54) is 270 Å². The molecule has 9 heteroatoms. The van der Waals surface area contributed by atoms with E-state index in [1.807, 2.05) is 6.08 Å². The zero-order chi connectivity index (χ0) is 52.2. The molecule has 7 unspecified atom stereocenters. The number of hydrogen-bond donors (Lipinski definition) is 6. The molecular formula is C63H123NO8. The summed E-state index contributed by atoms with van der Waals surface area (Å²) in [5, 5.41) is 54.2. The lowest BCUT2D eigenvalue weighted by Gasteiger charge is -2.40. The molecule has 6 N–H and O–H groups in total. The highest BCUT2D eigenvalue weighted by atomic mass is 16.7. The van der Waals surface area contributed by atoms with Crippen LogP contribution in [0, 0.1) is 0 Å². The monoisotopic (exact) mass is 1020 g/mol. The number of carbonyl (C=O) groups is 1. The Morgan fingerprint density at radius 3 is 1.08 bits per heavy atom. The van der Waals surface area contributed by atoms with Crippen molar-refractivity contribution in [1.29, 1.82) is 0 Å². The van der Waals surface area contributed by atoms with Gasteiger partial charge in [0.15, 0.2) is 6.29 Å². The summed E-state index contributed by atoms with van der Waals surface area (Å²) in [7, 11) is 0. The van der Waals surface area contributed by atoms with Gasteiger partial charge >= 0.3 is 0 Å². The molecule has 72 heavy (non-hydrogen) atoms. The summed E-state index contributed by atoms with van der Waals surface area (Å²) in [5.74, 6) is -0.173. The number of nitrogens with one attached hydrogen (secondary N) is 1. The van der Waals surface area contributed by atoms with Gasteiger partial charge in [-0.3, -0.25) is 4.79 Å². The zero-order valence-corrected chi connectivity index (χ0v) is 47.7. The number of unbranched alkanes of at least 4 members (excludes halogenated alkanes) is 46. The van der Waals surface area contributed by atoms with Crippen LogP contribution in [0.4, 0.5) is 0 Å². The van der Waals surface area contributed by atoms with E-state index in [9.17, 15) is 30.3 Å².